The third kappa shape index (κ3) is 3.49. The third-order valence-corrected chi connectivity index (χ3v) is 3.26. The van der Waals surface area contributed by atoms with Gasteiger partial charge in [0.05, 0.1) is 5.56 Å². The van der Waals surface area contributed by atoms with E-state index in [0.29, 0.717) is 21.4 Å². The highest BCUT2D eigenvalue weighted by atomic mass is 35.5. The standard InChI is InChI=1S/C15H12Cl2O2/c1-10(18)13-4-2-3-5-15(13)19-9-11-8-12(16)6-7-14(11)17/h2-8H,9H2,1H3. The van der Waals surface area contributed by atoms with Gasteiger partial charge in [0.15, 0.2) is 5.78 Å². The molecule has 0 amide bonds. The van der Waals surface area contributed by atoms with Crippen molar-refractivity contribution in [3.63, 3.8) is 0 Å². The highest BCUT2D eigenvalue weighted by molar-refractivity contribution is 6.33. The SMILES string of the molecule is CC(=O)c1ccccc1OCc1cc(Cl)ccc1Cl. The van der Waals surface area contributed by atoms with Crippen molar-refractivity contribution in [3.05, 3.63) is 63.6 Å². The van der Waals surface area contributed by atoms with Crippen LogP contribution in [0.3, 0.4) is 0 Å². The smallest absolute Gasteiger partial charge is 0.163 e. The molecule has 0 unspecified atom stereocenters. The molecular weight excluding hydrogens is 283 g/mol. The molecule has 0 aromatic heterocycles. The van der Waals surface area contributed by atoms with E-state index in [1.54, 1.807) is 36.4 Å². The number of hydrogen-bond donors (Lipinski definition) is 0. The number of Topliss-reactive ketones (excluding diaryl/α,β-unsaturated/α-hetero) is 1. The lowest BCUT2D eigenvalue weighted by Crippen LogP contribution is -2.01. The summed E-state index contributed by atoms with van der Waals surface area (Å²) in [7, 11) is 0. The molecule has 0 saturated heterocycles. The van der Waals surface area contributed by atoms with Crippen molar-refractivity contribution in [2.45, 2.75) is 13.5 Å². The predicted molar refractivity (Wildman–Crippen MR) is 77.2 cm³/mol. The van der Waals surface area contributed by atoms with Crippen LogP contribution in [-0.4, -0.2) is 5.78 Å². The first-order chi connectivity index (χ1) is 9.08. The maximum atomic E-state index is 11.5. The van der Waals surface area contributed by atoms with E-state index >= 15 is 0 Å². The fourth-order valence-electron chi connectivity index (χ4n) is 1.69. The minimum absolute atomic E-state index is 0.0345. The molecule has 2 aromatic carbocycles. The Labute approximate surface area is 121 Å². The largest absolute Gasteiger partial charge is 0.488 e. The number of hydrogen-bond acceptors (Lipinski definition) is 2. The summed E-state index contributed by atoms with van der Waals surface area (Å²) in [6, 6.07) is 12.3. The highest BCUT2D eigenvalue weighted by Crippen LogP contribution is 2.24. The van der Waals surface area contributed by atoms with Gasteiger partial charge >= 0.3 is 0 Å². The number of halogens is 2. The van der Waals surface area contributed by atoms with Crippen molar-refractivity contribution in [1.29, 1.82) is 0 Å². The second-order valence-corrected chi connectivity index (χ2v) is 4.92. The molecule has 2 rings (SSSR count). The highest BCUT2D eigenvalue weighted by Gasteiger charge is 2.08. The minimum Gasteiger partial charge on any atom is -0.488 e. The molecule has 0 spiro atoms. The van der Waals surface area contributed by atoms with E-state index in [4.69, 9.17) is 27.9 Å². The third-order valence-electron chi connectivity index (χ3n) is 2.66. The first kappa shape index (κ1) is 13.9. The van der Waals surface area contributed by atoms with Crippen LogP contribution in [0.25, 0.3) is 0 Å². The summed E-state index contributed by atoms with van der Waals surface area (Å²) in [5.41, 5.74) is 1.34. The van der Waals surface area contributed by atoms with Gasteiger partial charge in [0.1, 0.15) is 12.4 Å². The van der Waals surface area contributed by atoms with Gasteiger partial charge in [-0.2, -0.15) is 0 Å². The molecule has 2 aromatic rings. The van der Waals surface area contributed by atoms with Gasteiger partial charge in [-0.25, -0.2) is 0 Å². The first-order valence-corrected chi connectivity index (χ1v) is 6.50. The Morgan fingerprint density at radius 1 is 1.16 bits per heavy atom. The van der Waals surface area contributed by atoms with Gasteiger partial charge in [-0.05, 0) is 37.3 Å². The second kappa shape index (κ2) is 6.09. The maximum Gasteiger partial charge on any atom is 0.163 e. The number of ketones is 1. The Morgan fingerprint density at radius 2 is 1.89 bits per heavy atom. The van der Waals surface area contributed by atoms with Crippen molar-refractivity contribution >= 4 is 29.0 Å². The second-order valence-electron chi connectivity index (χ2n) is 4.08. The molecule has 2 nitrogen and oxygen atoms in total. The Morgan fingerprint density at radius 3 is 2.63 bits per heavy atom. The van der Waals surface area contributed by atoms with Crippen LogP contribution in [0.15, 0.2) is 42.5 Å². The summed E-state index contributed by atoms with van der Waals surface area (Å²) < 4.78 is 5.66. The number of carbonyl (C=O) groups is 1. The molecule has 0 atom stereocenters. The molecule has 0 aliphatic carbocycles. The van der Waals surface area contributed by atoms with Crippen LogP contribution in [0, 0.1) is 0 Å². The van der Waals surface area contributed by atoms with Gasteiger partial charge in [-0.15, -0.1) is 0 Å². The average Bonchev–Trinajstić information content (AvgIpc) is 2.40. The van der Waals surface area contributed by atoms with E-state index in [-0.39, 0.29) is 12.4 Å². The summed E-state index contributed by atoms with van der Waals surface area (Å²) in [6.07, 6.45) is 0. The van der Waals surface area contributed by atoms with E-state index in [9.17, 15) is 4.79 Å². The molecule has 0 aliphatic rings. The van der Waals surface area contributed by atoms with Crippen LogP contribution in [-0.2, 0) is 6.61 Å². The summed E-state index contributed by atoms with van der Waals surface area (Å²) in [4.78, 5) is 11.5. The van der Waals surface area contributed by atoms with Gasteiger partial charge in [-0.1, -0.05) is 35.3 Å². The van der Waals surface area contributed by atoms with Crippen molar-refractivity contribution in [1.82, 2.24) is 0 Å². The van der Waals surface area contributed by atoms with Crippen LogP contribution in [0.1, 0.15) is 22.8 Å². The van der Waals surface area contributed by atoms with E-state index in [2.05, 4.69) is 0 Å². The number of carbonyl (C=O) groups excluding carboxylic acids is 1. The van der Waals surface area contributed by atoms with E-state index in [1.165, 1.54) is 6.92 Å². The lowest BCUT2D eigenvalue weighted by atomic mass is 10.1. The summed E-state index contributed by atoms with van der Waals surface area (Å²) >= 11 is 12.0. The Bertz CT molecular complexity index is 609. The molecule has 0 bridgehead atoms. The lowest BCUT2D eigenvalue weighted by molar-refractivity contribution is 0.101. The van der Waals surface area contributed by atoms with Crippen molar-refractivity contribution in [2.75, 3.05) is 0 Å². The predicted octanol–water partition coefficient (Wildman–Crippen LogP) is 4.78. The van der Waals surface area contributed by atoms with Crippen molar-refractivity contribution in [3.8, 4) is 5.75 Å². The van der Waals surface area contributed by atoms with Crippen molar-refractivity contribution < 1.29 is 9.53 Å². The van der Waals surface area contributed by atoms with E-state index in [0.717, 1.165) is 5.56 Å². The van der Waals surface area contributed by atoms with Gasteiger partial charge in [-0.3, -0.25) is 4.79 Å². The summed E-state index contributed by atoms with van der Waals surface area (Å²) in [6.45, 7) is 1.78. The fourth-order valence-corrected chi connectivity index (χ4v) is 2.06. The van der Waals surface area contributed by atoms with Gasteiger partial charge < -0.3 is 4.74 Å². The van der Waals surface area contributed by atoms with Crippen LogP contribution in [0.5, 0.6) is 5.75 Å². The zero-order valence-corrected chi connectivity index (χ0v) is 11.8. The quantitative estimate of drug-likeness (QED) is 0.759. The van der Waals surface area contributed by atoms with E-state index < -0.39 is 0 Å². The fraction of sp³-hybridized carbons (Fsp3) is 0.133. The number of benzene rings is 2. The topological polar surface area (TPSA) is 26.3 Å². The molecule has 4 heteroatoms. The molecule has 0 aliphatic heterocycles. The summed E-state index contributed by atoms with van der Waals surface area (Å²) in [5.74, 6) is 0.513. The normalized spacial score (nSPS) is 10.3. The summed E-state index contributed by atoms with van der Waals surface area (Å²) in [5, 5.41) is 1.19. The Kier molecular flexibility index (Phi) is 4.46. The molecule has 19 heavy (non-hydrogen) atoms. The minimum atomic E-state index is -0.0345. The van der Waals surface area contributed by atoms with E-state index in [1.807, 2.05) is 6.07 Å². The van der Waals surface area contributed by atoms with Gasteiger partial charge in [0.2, 0.25) is 0 Å². The average molecular weight is 295 g/mol. The molecular formula is C15H12Cl2O2. The van der Waals surface area contributed by atoms with Crippen LogP contribution in [0.2, 0.25) is 10.0 Å². The lowest BCUT2D eigenvalue weighted by Gasteiger charge is -2.10. The van der Waals surface area contributed by atoms with Crippen molar-refractivity contribution in [2.24, 2.45) is 0 Å². The zero-order chi connectivity index (χ0) is 13.8. The molecule has 0 saturated carbocycles. The zero-order valence-electron chi connectivity index (χ0n) is 10.3. The number of ether oxygens (including phenoxy) is 1. The monoisotopic (exact) mass is 294 g/mol. The molecule has 0 N–H and O–H groups in total. The molecule has 0 fully saturated rings. The number of para-hydroxylation sites is 1. The van der Waals surface area contributed by atoms with Crippen LogP contribution < -0.4 is 4.74 Å². The Balaban J connectivity index is 2.19. The number of rotatable bonds is 4. The van der Waals surface area contributed by atoms with Crippen LogP contribution in [0.4, 0.5) is 0 Å². The first-order valence-electron chi connectivity index (χ1n) is 5.74. The Hall–Kier alpha value is -1.51. The van der Waals surface area contributed by atoms with Gasteiger partial charge in [0, 0.05) is 15.6 Å². The van der Waals surface area contributed by atoms with Crippen LogP contribution >= 0.6 is 23.2 Å². The molecule has 98 valence electrons. The molecule has 0 heterocycles. The van der Waals surface area contributed by atoms with Gasteiger partial charge in [0.25, 0.3) is 0 Å². The maximum absolute atomic E-state index is 11.5. The molecule has 0 radical (unpaired) electrons.